The molecule has 1 rings (SSSR count). The zero-order valence-electron chi connectivity index (χ0n) is 12.7. The van der Waals surface area contributed by atoms with Gasteiger partial charge in [0.1, 0.15) is 0 Å². The van der Waals surface area contributed by atoms with E-state index in [0.717, 1.165) is 39.1 Å². The molecular weight excluding hydrogens is 242 g/mol. The van der Waals surface area contributed by atoms with E-state index in [1.807, 2.05) is 0 Å². The number of aryl methyl sites for hydroxylation is 1. The minimum atomic E-state index is 0.703. The summed E-state index contributed by atoms with van der Waals surface area (Å²) in [5.74, 6) is 0. The molecular formula is C14H27N3O2. The second-order valence-corrected chi connectivity index (χ2v) is 4.46. The number of hydrogen-bond acceptors (Lipinski definition) is 4. The monoisotopic (exact) mass is 269 g/mol. The van der Waals surface area contributed by atoms with Crippen molar-refractivity contribution in [3.8, 4) is 0 Å². The van der Waals surface area contributed by atoms with E-state index in [4.69, 9.17) is 14.6 Å². The summed E-state index contributed by atoms with van der Waals surface area (Å²) >= 11 is 0. The first-order valence-electron chi connectivity index (χ1n) is 7.04. The van der Waals surface area contributed by atoms with Gasteiger partial charge in [-0.05, 0) is 12.8 Å². The average Bonchev–Trinajstić information content (AvgIpc) is 2.78. The highest BCUT2D eigenvalue weighted by Gasteiger charge is 2.14. The predicted molar refractivity (Wildman–Crippen MR) is 76.4 cm³/mol. The Labute approximate surface area is 116 Å². The fourth-order valence-electron chi connectivity index (χ4n) is 2.22. The standard InChI is InChI=1S/C14H27N3O2/c1-5-13-12(11-15-7-9-18-3)14(6-2)17(16-13)8-10-19-4/h15H,5-11H2,1-4H3. The van der Waals surface area contributed by atoms with Gasteiger partial charge in [-0.25, -0.2) is 0 Å². The van der Waals surface area contributed by atoms with E-state index in [9.17, 15) is 0 Å². The van der Waals surface area contributed by atoms with Gasteiger partial charge in [0.25, 0.3) is 0 Å². The normalized spacial score (nSPS) is 11.2. The lowest BCUT2D eigenvalue weighted by molar-refractivity contribution is 0.182. The predicted octanol–water partition coefficient (Wildman–Crippen LogP) is 1.39. The molecule has 0 aliphatic heterocycles. The third-order valence-corrected chi connectivity index (χ3v) is 3.21. The molecule has 19 heavy (non-hydrogen) atoms. The number of nitrogens with one attached hydrogen (secondary N) is 1. The van der Waals surface area contributed by atoms with Crippen molar-refractivity contribution in [3.63, 3.8) is 0 Å². The van der Waals surface area contributed by atoms with E-state index >= 15 is 0 Å². The van der Waals surface area contributed by atoms with E-state index in [1.165, 1.54) is 17.0 Å². The van der Waals surface area contributed by atoms with Crippen molar-refractivity contribution in [3.05, 3.63) is 17.0 Å². The minimum Gasteiger partial charge on any atom is -0.383 e. The SMILES string of the molecule is CCc1nn(CCOC)c(CC)c1CNCCOC. The van der Waals surface area contributed by atoms with Crippen LogP contribution in [0.25, 0.3) is 0 Å². The van der Waals surface area contributed by atoms with E-state index in [-0.39, 0.29) is 0 Å². The first-order valence-corrected chi connectivity index (χ1v) is 7.04. The summed E-state index contributed by atoms with van der Waals surface area (Å²) < 4.78 is 12.3. The van der Waals surface area contributed by atoms with Gasteiger partial charge in [-0.15, -0.1) is 0 Å². The Balaban J connectivity index is 2.77. The molecule has 0 aromatic carbocycles. The highest BCUT2D eigenvalue weighted by atomic mass is 16.5. The van der Waals surface area contributed by atoms with Gasteiger partial charge in [-0.3, -0.25) is 4.68 Å². The third kappa shape index (κ3) is 4.60. The van der Waals surface area contributed by atoms with Crippen LogP contribution in [0.5, 0.6) is 0 Å². The molecule has 1 N–H and O–H groups in total. The molecule has 1 heterocycles. The summed E-state index contributed by atoms with van der Waals surface area (Å²) in [5.41, 5.74) is 3.86. The summed E-state index contributed by atoms with van der Waals surface area (Å²) in [7, 11) is 3.45. The lowest BCUT2D eigenvalue weighted by atomic mass is 10.1. The van der Waals surface area contributed by atoms with Crippen molar-refractivity contribution in [1.29, 1.82) is 0 Å². The Morgan fingerprint density at radius 1 is 1.11 bits per heavy atom. The van der Waals surface area contributed by atoms with E-state index in [1.54, 1.807) is 14.2 Å². The molecule has 0 aliphatic carbocycles. The number of nitrogens with zero attached hydrogens (tertiary/aromatic N) is 2. The number of ether oxygens (including phenoxy) is 2. The molecule has 0 spiro atoms. The fourth-order valence-corrected chi connectivity index (χ4v) is 2.22. The van der Waals surface area contributed by atoms with Gasteiger partial charge in [-0.1, -0.05) is 13.8 Å². The molecule has 0 bridgehead atoms. The van der Waals surface area contributed by atoms with Crippen molar-refractivity contribution in [2.24, 2.45) is 0 Å². The maximum absolute atomic E-state index is 5.15. The summed E-state index contributed by atoms with van der Waals surface area (Å²) in [6.45, 7) is 8.33. The molecule has 0 unspecified atom stereocenters. The largest absolute Gasteiger partial charge is 0.383 e. The first-order chi connectivity index (χ1) is 9.28. The Bertz CT molecular complexity index is 364. The lowest BCUT2D eigenvalue weighted by Gasteiger charge is -2.08. The minimum absolute atomic E-state index is 0.703. The van der Waals surface area contributed by atoms with Crippen LogP contribution in [-0.2, 0) is 35.4 Å². The Morgan fingerprint density at radius 2 is 1.84 bits per heavy atom. The van der Waals surface area contributed by atoms with Crippen LogP contribution in [0.15, 0.2) is 0 Å². The highest BCUT2D eigenvalue weighted by Crippen LogP contribution is 2.16. The van der Waals surface area contributed by atoms with Gasteiger partial charge in [0.2, 0.25) is 0 Å². The molecule has 0 amide bonds. The van der Waals surface area contributed by atoms with Gasteiger partial charge < -0.3 is 14.8 Å². The van der Waals surface area contributed by atoms with Crippen LogP contribution < -0.4 is 5.32 Å². The van der Waals surface area contributed by atoms with Crippen molar-refractivity contribution in [2.45, 2.75) is 39.8 Å². The highest BCUT2D eigenvalue weighted by molar-refractivity contribution is 5.26. The van der Waals surface area contributed by atoms with Crippen molar-refractivity contribution < 1.29 is 9.47 Å². The van der Waals surface area contributed by atoms with Crippen molar-refractivity contribution in [2.75, 3.05) is 34.0 Å². The molecule has 110 valence electrons. The number of hydrogen-bond donors (Lipinski definition) is 1. The fraction of sp³-hybridized carbons (Fsp3) is 0.786. The average molecular weight is 269 g/mol. The van der Waals surface area contributed by atoms with E-state index < -0.39 is 0 Å². The van der Waals surface area contributed by atoms with Crippen LogP contribution in [0, 0.1) is 0 Å². The summed E-state index contributed by atoms with van der Waals surface area (Å²) in [4.78, 5) is 0. The first kappa shape index (κ1) is 16.1. The van der Waals surface area contributed by atoms with Gasteiger partial charge in [0.15, 0.2) is 0 Å². The van der Waals surface area contributed by atoms with Crippen molar-refractivity contribution in [1.82, 2.24) is 15.1 Å². The third-order valence-electron chi connectivity index (χ3n) is 3.21. The van der Waals surface area contributed by atoms with Crippen LogP contribution in [0.3, 0.4) is 0 Å². The maximum Gasteiger partial charge on any atom is 0.0669 e. The Kier molecular flexibility index (Phi) is 7.70. The second-order valence-electron chi connectivity index (χ2n) is 4.46. The Hall–Kier alpha value is -0.910. The molecule has 1 aromatic heterocycles. The van der Waals surface area contributed by atoms with Crippen LogP contribution >= 0.6 is 0 Å². The molecule has 5 nitrogen and oxygen atoms in total. The molecule has 0 radical (unpaired) electrons. The molecule has 0 saturated heterocycles. The van der Waals surface area contributed by atoms with Gasteiger partial charge >= 0.3 is 0 Å². The van der Waals surface area contributed by atoms with Crippen molar-refractivity contribution >= 4 is 0 Å². The van der Waals surface area contributed by atoms with Crippen LogP contribution in [0.4, 0.5) is 0 Å². The van der Waals surface area contributed by atoms with Crippen LogP contribution in [0.2, 0.25) is 0 Å². The number of aromatic nitrogens is 2. The molecule has 5 heteroatoms. The molecule has 0 saturated carbocycles. The van der Waals surface area contributed by atoms with E-state index in [2.05, 4.69) is 23.8 Å². The lowest BCUT2D eigenvalue weighted by Crippen LogP contribution is -2.20. The zero-order valence-corrected chi connectivity index (χ0v) is 12.7. The maximum atomic E-state index is 5.15. The van der Waals surface area contributed by atoms with Crippen LogP contribution in [0.1, 0.15) is 30.8 Å². The van der Waals surface area contributed by atoms with Gasteiger partial charge in [0.05, 0.1) is 25.5 Å². The van der Waals surface area contributed by atoms with Crippen LogP contribution in [-0.4, -0.2) is 43.8 Å². The zero-order chi connectivity index (χ0) is 14.1. The van der Waals surface area contributed by atoms with Gasteiger partial charge in [0, 0.05) is 38.6 Å². The van der Waals surface area contributed by atoms with E-state index in [0.29, 0.717) is 6.61 Å². The number of rotatable bonds is 10. The summed E-state index contributed by atoms with van der Waals surface area (Å²) in [5, 5.41) is 8.11. The summed E-state index contributed by atoms with van der Waals surface area (Å²) in [6, 6.07) is 0. The topological polar surface area (TPSA) is 48.3 Å². The Morgan fingerprint density at radius 3 is 2.42 bits per heavy atom. The summed E-state index contributed by atoms with van der Waals surface area (Å²) in [6.07, 6.45) is 1.96. The number of methoxy groups -OCH3 is 2. The molecule has 1 aromatic rings. The van der Waals surface area contributed by atoms with Gasteiger partial charge in [-0.2, -0.15) is 5.10 Å². The smallest absolute Gasteiger partial charge is 0.0669 e. The molecule has 0 atom stereocenters. The quantitative estimate of drug-likeness (QED) is 0.652. The molecule has 0 aliphatic rings. The second kappa shape index (κ2) is 9.07. The molecule has 0 fully saturated rings.